The zero-order valence-corrected chi connectivity index (χ0v) is 18.4. The van der Waals surface area contributed by atoms with Crippen LogP contribution in [-0.2, 0) is 10.0 Å². The zero-order chi connectivity index (χ0) is 21.9. The molecule has 3 aromatic carbocycles. The lowest BCUT2D eigenvalue weighted by atomic mass is 10.1. The van der Waals surface area contributed by atoms with E-state index in [-0.39, 0.29) is 17.0 Å². The molecule has 156 valence electrons. The van der Waals surface area contributed by atoms with E-state index in [9.17, 15) is 13.2 Å². The van der Waals surface area contributed by atoms with Crippen molar-refractivity contribution in [1.29, 1.82) is 0 Å². The molecule has 0 spiro atoms. The quantitative estimate of drug-likeness (QED) is 0.411. The van der Waals surface area contributed by atoms with Crippen LogP contribution in [0.25, 0.3) is 0 Å². The molecule has 0 fully saturated rings. The monoisotopic (exact) mass is 423 g/mol. The first-order valence-corrected chi connectivity index (χ1v) is 11.2. The van der Waals surface area contributed by atoms with Crippen LogP contribution in [-0.4, -0.2) is 20.9 Å². The van der Waals surface area contributed by atoms with Crippen molar-refractivity contribution < 1.29 is 17.9 Å². The van der Waals surface area contributed by atoms with E-state index in [1.165, 1.54) is 10.4 Å². The highest BCUT2D eigenvalue weighted by atomic mass is 32.2. The van der Waals surface area contributed by atoms with Gasteiger partial charge in [0.25, 0.3) is 10.0 Å². The number of benzene rings is 3. The lowest BCUT2D eigenvalue weighted by Crippen LogP contribution is -2.31. The standard InChI is InChI=1S/C24H25NO4S/c1-5-25(21-9-7-6-8-10-21)30(27,28)23-16-20(13-11-18(23)3)24(26)29-22-14-12-17(2)19(4)15-22/h6-16H,5H2,1-4H3. The van der Waals surface area contributed by atoms with Gasteiger partial charge < -0.3 is 4.74 Å². The number of sulfonamides is 1. The summed E-state index contributed by atoms with van der Waals surface area (Å²) >= 11 is 0. The highest BCUT2D eigenvalue weighted by molar-refractivity contribution is 7.92. The first-order chi connectivity index (χ1) is 14.2. The molecule has 0 aliphatic rings. The Bertz CT molecular complexity index is 1170. The number of nitrogens with zero attached hydrogens (tertiary/aromatic N) is 1. The van der Waals surface area contributed by atoms with Crippen molar-refractivity contribution in [3.8, 4) is 5.75 Å². The van der Waals surface area contributed by atoms with Crippen LogP contribution in [0.15, 0.2) is 71.6 Å². The summed E-state index contributed by atoms with van der Waals surface area (Å²) < 4.78 is 33.5. The Morgan fingerprint density at radius 1 is 0.867 bits per heavy atom. The molecule has 0 aliphatic heterocycles. The van der Waals surface area contributed by atoms with E-state index in [0.717, 1.165) is 11.1 Å². The van der Waals surface area contributed by atoms with E-state index < -0.39 is 16.0 Å². The van der Waals surface area contributed by atoms with Crippen molar-refractivity contribution >= 4 is 21.7 Å². The van der Waals surface area contributed by atoms with Gasteiger partial charge in [-0.1, -0.05) is 30.3 Å². The average Bonchev–Trinajstić information content (AvgIpc) is 2.72. The Kier molecular flexibility index (Phi) is 6.27. The van der Waals surface area contributed by atoms with Gasteiger partial charge in [0.05, 0.1) is 16.1 Å². The van der Waals surface area contributed by atoms with Gasteiger partial charge in [-0.2, -0.15) is 0 Å². The number of ether oxygens (including phenoxy) is 1. The lowest BCUT2D eigenvalue weighted by molar-refractivity contribution is 0.0734. The second kappa shape index (κ2) is 8.71. The van der Waals surface area contributed by atoms with Crippen LogP contribution >= 0.6 is 0 Å². The smallest absolute Gasteiger partial charge is 0.343 e. The molecular formula is C24H25NO4S. The fourth-order valence-electron chi connectivity index (χ4n) is 3.15. The molecule has 0 aliphatic carbocycles. The zero-order valence-electron chi connectivity index (χ0n) is 17.5. The topological polar surface area (TPSA) is 63.7 Å². The van der Waals surface area contributed by atoms with E-state index in [2.05, 4.69) is 0 Å². The van der Waals surface area contributed by atoms with Gasteiger partial charge in [-0.15, -0.1) is 0 Å². The summed E-state index contributed by atoms with van der Waals surface area (Å²) in [6.07, 6.45) is 0. The molecular weight excluding hydrogens is 398 g/mol. The van der Waals surface area contributed by atoms with Crippen molar-refractivity contribution in [2.24, 2.45) is 0 Å². The maximum absolute atomic E-state index is 13.4. The summed E-state index contributed by atoms with van der Waals surface area (Å²) in [4.78, 5) is 12.8. The third-order valence-electron chi connectivity index (χ3n) is 5.01. The number of hydrogen-bond acceptors (Lipinski definition) is 4. The summed E-state index contributed by atoms with van der Waals surface area (Å²) in [5.41, 5.74) is 3.42. The van der Waals surface area contributed by atoms with Crippen LogP contribution in [0, 0.1) is 20.8 Å². The number of rotatable bonds is 6. The molecule has 3 aromatic rings. The number of esters is 1. The Labute approximate surface area is 178 Å². The summed E-state index contributed by atoms with van der Waals surface area (Å²) in [7, 11) is -3.85. The number of carbonyl (C=O) groups is 1. The third-order valence-corrected chi connectivity index (χ3v) is 7.06. The highest BCUT2D eigenvalue weighted by Crippen LogP contribution is 2.27. The van der Waals surface area contributed by atoms with Gasteiger partial charge in [0.2, 0.25) is 0 Å². The first kappa shape index (κ1) is 21.6. The SMILES string of the molecule is CCN(c1ccccc1)S(=O)(=O)c1cc(C(=O)Oc2ccc(C)c(C)c2)ccc1C. The van der Waals surface area contributed by atoms with Gasteiger partial charge in [0.15, 0.2) is 0 Å². The largest absolute Gasteiger partial charge is 0.423 e. The average molecular weight is 424 g/mol. The fourth-order valence-corrected chi connectivity index (χ4v) is 4.88. The summed E-state index contributed by atoms with van der Waals surface area (Å²) in [6.45, 7) is 7.67. The molecule has 0 saturated carbocycles. The van der Waals surface area contributed by atoms with Gasteiger partial charge in [0, 0.05) is 6.54 Å². The fraction of sp³-hybridized carbons (Fsp3) is 0.208. The highest BCUT2D eigenvalue weighted by Gasteiger charge is 2.26. The molecule has 6 heteroatoms. The van der Waals surface area contributed by atoms with Gasteiger partial charge in [0.1, 0.15) is 5.75 Å². The number of anilines is 1. The summed E-state index contributed by atoms with van der Waals surface area (Å²) in [6, 6.07) is 18.9. The third kappa shape index (κ3) is 4.39. The maximum Gasteiger partial charge on any atom is 0.343 e. The van der Waals surface area contributed by atoms with E-state index in [1.54, 1.807) is 62.4 Å². The van der Waals surface area contributed by atoms with E-state index >= 15 is 0 Å². The lowest BCUT2D eigenvalue weighted by Gasteiger charge is -2.24. The molecule has 3 rings (SSSR count). The maximum atomic E-state index is 13.4. The molecule has 0 amide bonds. The molecule has 0 saturated heterocycles. The second-order valence-corrected chi connectivity index (χ2v) is 8.95. The minimum absolute atomic E-state index is 0.0859. The van der Waals surface area contributed by atoms with Crippen molar-refractivity contribution in [2.45, 2.75) is 32.6 Å². The molecule has 0 aromatic heterocycles. The molecule has 0 heterocycles. The normalized spacial score (nSPS) is 11.2. The van der Waals surface area contributed by atoms with Crippen LogP contribution in [0.5, 0.6) is 5.75 Å². The number of hydrogen-bond donors (Lipinski definition) is 0. The van der Waals surface area contributed by atoms with Gasteiger partial charge in [-0.25, -0.2) is 13.2 Å². The molecule has 5 nitrogen and oxygen atoms in total. The van der Waals surface area contributed by atoms with Gasteiger partial charge in [-0.05, 0) is 80.8 Å². The predicted octanol–water partition coefficient (Wildman–Crippen LogP) is 5.05. The summed E-state index contributed by atoms with van der Waals surface area (Å²) in [5, 5.41) is 0. The Hall–Kier alpha value is -3.12. The van der Waals surface area contributed by atoms with Crippen LogP contribution in [0.1, 0.15) is 34.0 Å². The van der Waals surface area contributed by atoms with Crippen LogP contribution < -0.4 is 9.04 Å². The molecule has 0 atom stereocenters. The number of para-hydroxylation sites is 1. The van der Waals surface area contributed by atoms with E-state index in [4.69, 9.17) is 4.74 Å². The van der Waals surface area contributed by atoms with Crippen LogP contribution in [0.4, 0.5) is 5.69 Å². The van der Waals surface area contributed by atoms with Crippen molar-refractivity contribution in [1.82, 2.24) is 0 Å². The first-order valence-electron chi connectivity index (χ1n) is 9.72. The molecule has 0 radical (unpaired) electrons. The molecule has 0 N–H and O–H groups in total. The Morgan fingerprint density at radius 3 is 2.17 bits per heavy atom. The predicted molar refractivity (Wildman–Crippen MR) is 119 cm³/mol. The van der Waals surface area contributed by atoms with Crippen molar-refractivity contribution in [2.75, 3.05) is 10.8 Å². The van der Waals surface area contributed by atoms with Crippen LogP contribution in [0.2, 0.25) is 0 Å². The second-order valence-electron chi connectivity index (χ2n) is 7.12. The van der Waals surface area contributed by atoms with Crippen LogP contribution in [0.3, 0.4) is 0 Å². The molecule has 0 bridgehead atoms. The van der Waals surface area contributed by atoms with Gasteiger partial charge >= 0.3 is 5.97 Å². The summed E-state index contributed by atoms with van der Waals surface area (Å²) in [5.74, 6) is -0.176. The molecule has 0 unspecified atom stereocenters. The number of carbonyl (C=O) groups excluding carboxylic acids is 1. The van der Waals surface area contributed by atoms with Gasteiger partial charge in [-0.3, -0.25) is 4.31 Å². The number of aryl methyl sites for hydroxylation is 3. The Balaban J connectivity index is 1.96. The minimum atomic E-state index is -3.85. The Morgan fingerprint density at radius 2 is 1.53 bits per heavy atom. The minimum Gasteiger partial charge on any atom is -0.423 e. The van der Waals surface area contributed by atoms with Crippen molar-refractivity contribution in [3.05, 3.63) is 89.0 Å². The van der Waals surface area contributed by atoms with Crippen molar-refractivity contribution in [3.63, 3.8) is 0 Å². The van der Waals surface area contributed by atoms with E-state index in [1.807, 2.05) is 26.0 Å². The van der Waals surface area contributed by atoms with E-state index in [0.29, 0.717) is 17.0 Å². The molecule has 30 heavy (non-hydrogen) atoms.